The molecule has 9 nitrogen and oxygen atoms in total. The van der Waals surface area contributed by atoms with Gasteiger partial charge in [0.2, 0.25) is 0 Å². The number of rotatable bonds is 36. The van der Waals surface area contributed by atoms with E-state index in [1.807, 2.05) is 21.1 Å². The van der Waals surface area contributed by atoms with Gasteiger partial charge in [0.05, 0.1) is 27.7 Å². The van der Waals surface area contributed by atoms with Gasteiger partial charge in [0.25, 0.3) is 7.82 Å². The van der Waals surface area contributed by atoms with Crippen LogP contribution in [0.1, 0.15) is 129 Å². The Balaban J connectivity index is 4.55. The number of allylic oxidation sites excluding steroid dienone is 16. The average Bonchev–Trinajstić information content (AvgIpc) is 3.15. The van der Waals surface area contributed by atoms with Crippen LogP contribution < -0.4 is 4.89 Å². The van der Waals surface area contributed by atoms with Crippen molar-refractivity contribution in [3.63, 3.8) is 0 Å². The van der Waals surface area contributed by atoms with Gasteiger partial charge in [-0.1, -0.05) is 124 Å². The van der Waals surface area contributed by atoms with E-state index in [0.717, 1.165) is 83.5 Å². The van der Waals surface area contributed by atoms with Crippen molar-refractivity contribution in [1.29, 1.82) is 0 Å². The van der Waals surface area contributed by atoms with Gasteiger partial charge in [-0.3, -0.25) is 14.2 Å². The highest BCUT2D eigenvalue weighted by atomic mass is 31.2. The van der Waals surface area contributed by atoms with Crippen LogP contribution in [-0.2, 0) is 32.7 Å². The number of likely N-dealkylation sites (N-methyl/N-ethyl adjacent to an activating group) is 1. The van der Waals surface area contributed by atoms with Gasteiger partial charge in [-0.25, -0.2) is 0 Å². The molecule has 0 spiro atoms. The van der Waals surface area contributed by atoms with Crippen LogP contribution >= 0.6 is 7.82 Å². The van der Waals surface area contributed by atoms with Crippen LogP contribution in [0.2, 0.25) is 0 Å². The third-order valence-corrected chi connectivity index (χ3v) is 9.03. The molecule has 0 heterocycles. The number of unbranched alkanes of at least 4 members (excludes halogenated alkanes) is 6. The molecule has 0 rings (SSSR count). The lowest BCUT2D eigenvalue weighted by molar-refractivity contribution is -0.870. The van der Waals surface area contributed by atoms with Gasteiger partial charge >= 0.3 is 11.9 Å². The molecule has 0 radical (unpaired) electrons. The lowest BCUT2D eigenvalue weighted by Crippen LogP contribution is -2.37. The average molecular weight is 802 g/mol. The maximum Gasteiger partial charge on any atom is 0.306 e. The van der Waals surface area contributed by atoms with Gasteiger partial charge in [0.15, 0.2) is 6.10 Å². The maximum atomic E-state index is 12.7. The molecule has 1 unspecified atom stereocenters. The van der Waals surface area contributed by atoms with E-state index in [9.17, 15) is 19.0 Å². The minimum absolute atomic E-state index is 0.0500. The summed E-state index contributed by atoms with van der Waals surface area (Å²) in [6.07, 6.45) is 48.7. The molecule has 0 aliphatic rings. The summed E-state index contributed by atoms with van der Waals surface area (Å²) in [5, 5.41) is 0. The first-order valence-corrected chi connectivity index (χ1v) is 22.4. The molecule has 10 heteroatoms. The van der Waals surface area contributed by atoms with E-state index in [4.69, 9.17) is 18.5 Å². The molecule has 0 bridgehead atoms. The molecular formula is C46H76NO8P. The molecule has 0 N–H and O–H groups in total. The van der Waals surface area contributed by atoms with Gasteiger partial charge in [0, 0.05) is 12.8 Å². The van der Waals surface area contributed by atoms with E-state index in [-0.39, 0.29) is 26.1 Å². The van der Waals surface area contributed by atoms with Crippen LogP contribution in [0, 0.1) is 0 Å². The number of phosphoric ester groups is 1. The standard InChI is InChI=1S/C46H76NO8P/c1-6-8-10-12-14-16-18-20-22-23-25-27-29-31-33-35-37-39-46(49)55-44(43-54-56(50,51)53-41-40-47(3,4)5)42-52-45(48)38-36-34-32-30-28-26-24-21-19-17-15-13-11-9-7-2/h9-12,15-18,21-24,27-30,44H,6-8,13-14,19-20,25-26,31-43H2,1-5H3/b11-9+,12-10+,17-15+,18-16+,23-22+,24-21+,29-27+,30-28+/t44-/m1/s1. The fraction of sp³-hybridized carbons (Fsp3) is 0.609. The Hall–Kier alpha value is -3.07. The first kappa shape index (κ1) is 52.9. The number of esters is 2. The van der Waals surface area contributed by atoms with E-state index in [1.54, 1.807) is 0 Å². The molecule has 56 heavy (non-hydrogen) atoms. The van der Waals surface area contributed by atoms with E-state index >= 15 is 0 Å². The summed E-state index contributed by atoms with van der Waals surface area (Å²) in [7, 11) is 1.10. The van der Waals surface area contributed by atoms with Gasteiger partial charge in [-0.15, -0.1) is 0 Å². The Morgan fingerprint density at radius 1 is 0.571 bits per heavy atom. The Morgan fingerprint density at radius 2 is 1.02 bits per heavy atom. The summed E-state index contributed by atoms with van der Waals surface area (Å²) in [6, 6.07) is 0. The Labute approximate surface area is 341 Å². The largest absolute Gasteiger partial charge is 0.756 e. The highest BCUT2D eigenvalue weighted by Gasteiger charge is 2.21. The normalized spacial score (nSPS) is 14.6. The number of carbonyl (C=O) groups is 2. The van der Waals surface area contributed by atoms with Crippen molar-refractivity contribution in [2.24, 2.45) is 0 Å². The summed E-state index contributed by atoms with van der Waals surface area (Å²) in [4.78, 5) is 37.5. The molecule has 0 aromatic carbocycles. The summed E-state index contributed by atoms with van der Waals surface area (Å²) < 4.78 is 33.8. The summed E-state index contributed by atoms with van der Waals surface area (Å²) in [6.45, 7) is 3.92. The van der Waals surface area contributed by atoms with E-state index in [1.165, 1.54) is 6.42 Å². The van der Waals surface area contributed by atoms with Crippen molar-refractivity contribution in [3.8, 4) is 0 Å². The molecule has 0 fully saturated rings. The second kappa shape index (κ2) is 37.5. The van der Waals surface area contributed by atoms with Crippen LogP contribution in [0.3, 0.4) is 0 Å². The molecule has 318 valence electrons. The fourth-order valence-electron chi connectivity index (χ4n) is 4.81. The van der Waals surface area contributed by atoms with E-state index in [2.05, 4.69) is 111 Å². The third kappa shape index (κ3) is 40.6. The molecular weight excluding hydrogens is 725 g/mol. The Morgan fingerprint density at radius 3 is 1.52 bits per heavy atom. The monoisotopic (exact) mass is 802 g/mol. The first-order valence-electron chi connectivity index (χ1n) is 20.9. The molecule has 0 aromatic rings. The fourth-order valence-corrected chi connectivity index (χ4v) is 5.54. The van der Waals surface area contributed by atoms with Gasteiger partial charge < -0.3 is 27.9 Å². The Kier molecular flexibility index (Phi) is 35.4. The van der Waals surface area contributed by atoms with Gasteiger partial charge in [-0.05, 0) is 89.9 Å². The highest BCUT2D eigenvalue weighted by molar-refractivity contribution is 7.45. The number of hydrogen-bond donors (Lipinski definition) is 0. The van der Waals surface area contributed by atoms with Crippen molar-refractivity contribution in [2.45, 2.75) is 136 Å². The van der Waals surface area contributed by atoms with Crippen molar-refractivity contribution in [1.82, 2.24) is 0 Å². The van der Waals surface area contributed by atoms with Crippen LogP contribution in [0.5, 0.6) is 0 Å². The molecule has 0 aliphatic heterocycles. The van der Waals surface area contributed by atoms with Crippen molar-refractivity contribution in [3.05, 3.63) is 97.2 Å². The minimum atomic E-state index is -4.65. The number of carbonyl (C=O) groups excluding carboxylic acids is 2. The van der Waals surface area contributed by atoms with Gasteiger partial charge in [-0.2, -0.15) is 0 Å². The number of phosphoric acid groups is 1. The lowest BCUT2D eigenvalue weighted by Gasteiger charge is -2.28. The topological polar surface area (TPSA) is 111 Å². The Bertz CT molecular complexity index is 1270. The van der Waals surface area contributed by atoms with Crippen molar-refractivity contribution >= 4 is 19.8 Å². The minimum Gasteiger partial charge on any atom is -0.756 e. The predicted molar refractivity (Wildman–Crippen MR) is 231 cm³/mol. The highest BCUT2D eigenvalue weighted by Crippen LogP contribution is 2.38. The lowest BCUT2D eigenvalue weighted by atomic mass is 10.1. The van der Waals surface area contributed by atoms with Crippen molar-refractivity contribution < 1.29 is 42.1 Å². The van der Waals surface area contributed by atoms with Gasteiger partial charge in [0.1, 0.15) is 19.8 Å². The molecule has 0 aliphatic carbocycles. The van der Waals surface area contributed by atoms with Crippen LogP contribution in [0.15, 0.2) is 97.2 Å². The smallest absolute Gasteiger partial charge is 0.306 e. The number of quaternary nitrogens is 1. The molecule has 0 amide bonds. The predicted octanol–water partition coefficient (Wildman–Crippen LogP) is 11.2. The SMILES string of the molecule is CC/C=C/C/C=C/C/C=C/C/C=C/CCCCC(=O)OC[C@H](COP(=O)([O-])OCC[N+](C)(C)C)OC(=O)CCCCC/C=C/C/C=C/C/C=C/C/C=C/CCC. The zero-order valence-corrected chi connectivity index (χ0v) is 36.4. The summed E-state index contributed by atoms with van der Waals surface area (Å²) >= 11 is 0. The van der Waals surface area contributed by atoms with Crippen LogP contribution in [-0.4, -0.2) is 70.0 Å². The third-order valence-electron chi connectivity index (χ3n) is 8.07. The zero-order chi connectivity index (χ0) is 41.4. The number of ether oxygens (including phenoxy) is 2. The number of hydrogen-bond acceptors (Lipinski definition) is 8. The van der Waals surface area contributed by atoms with E-state index in [0.29, 0.717) is 23.9 Å². The first-order chi connectivity index (χ1) is 27.0. The second-order valence-electron chi connectivity index (χ2n) is 14.6. The second-order valence-corrected chi connectivity index (χ2v) is 16.0. The maximum absolute atomic E-state index is 12.7. The molecule has 0 saturated carbocycles. The van der Waals surface area contributed by atoms with E-state index < -0.39 is 32.5 Å². The molecule has 0 aromatic heterocycles. The van der Waals surface area contributed by atoms with Crippen molar-refractivity contribution in [2.75, 3.05) is 47.5 Å². The quantitative estimate of drug-likeness (QED) is 0.0202. The summed E-state index contributed by atoms with van der Waals surface area (Å²) in [5.74, 6) is -0.933. The summed E-state index contributed by atoms with van der Waals surface area (Å²) in [5.41, 5.74) is 0. The molecule has 2 atom stereocenters. The molecule has 0 saturated heterocycles. The van der Waals surface area contributed by atoms with Crippen LogP contribution in [0.4, 0.5) is 0 Å². The zero-order valence-electron chi connectivity index (χ0n) is 35.5. The number of nitrogens with zero attached hydrogens (tertiary/aromatic N) is 1. The van der Waals surface area contributed by atoms with Crippen LogP contribution in [0.25, 0.3) is 0 Å².